The Morgan fingerprint density at radius 2 is 1.73 bits per heavy atom. The van der Waals surface area contributed by atoms with E-state index in [1.54, 1.807) is 31.2 Å². The Bertz CT molecular complexity index is 1200. The molecule has 1 atom stereocenters. The van der Waals surface area contributed by atoms with E-state index in [1.165, 1.54) is 16.1 Å². The fourth-order valence-electron chi connectivity index (χ4n) is 3.62. The molecule has 1 amide bonds. The van der Waals surface area contributed by atoms with Gasteiger partial charge in [0.25, 0.3) is 0 Å². The molecule has 0 unspecified atom stereocenters. The molecule has 8 nitrogen and oxygen atoms in total. The average molecular weight is 486 g/mol. The van der Waals surface area contributed by atoms with Gasteiger partial charge in [-0.1, -0.05) is 42.1 Å². The molecule has 1 aliphatic rings. The van der Waals surface area contributed by atoms with E-state index >= 15 is 0 Å². The Kier molecular flexibility index (Phi) is 7.16. The summed E-state index contributed by atoms with van der Waals surface area (Å²) in [6, 6.07) is 16.4. The molecule has 2 heterocycles. The van der Waals surface area contributed by atoms with Gasteiger partial charge in [0.05, 0.1) is 10.1 Å². The summed E-state index contributed by atoms with van der Waals surface area (Å²) in [5, 5.41) is 11.6. The third kappa shape index (κ3) is 5.45. The molecular weight excluding hydrogens is 458 g/mol. The average Bonchev–Trinajstić information content (AvgIpc) is 3.47. The molecule has 3 aromatic rings. The molecule has 0 aliphatic carbocycles. The van der Waals surface area contributed by atoms with Crippen molar-refractivity contribution >= 4 is 33.4 Å². The zero-order chi connectivity index (χ0) is 23.4. The van der Waals surface area contributed by atoms with E-state index in [1.807, 2.05) is 41.9 Å². The predicted octanol–water partition coefficient (Wildman–Crippen LogP) is 3.31. The zero-order valence-electron chi connectivity index (χ0n) is 18.6. The fourth-order valence-corrected chi connectivity index (χ4v) is 5.97. The number of benzene rings is 2. The Morgan fingerprint density at radius 1 is 1.06 bits per heavy atom. The second-order valence-electron chi connectivity index (χ2n) is 8.01. The third-order valence-corrected chi connectivity index (χ3v) is 8.65. The van der Waals surface area contributed by atoms with Crippen molar-refractivity contribution in [3.8, 4) is 0 Å². The molecule has 2 aromatic carbocycles. The Balaban J connectivity index is 1.36. The lowest BCUT2D eigenvalue weighted by molar-refractivity contribution is -0.115. The van der Waals surface area contributed by atoms with Gasteiger partial charge in [-0.15, -0.1) is 10.2 Å². The van der Waals surface area contributed by atoms with Gasteiger partial charge in [-0.3, -0.25) is 4.79 Å². The first kappa shape index (κ1) is 23.5. The summed E-state index contributed by atoms with van der Waals surface area (Å²) in [6.07, 6.45) is 2.45. The molecular formula is C23H27N5O3S2. The normalized spacial score (nSPS) is 15.5. The molecule has 174 valence electrons. The van der Waals surface area contributed by atoms with Crippen LogP contribution < -0.4 is 5.32 Å². The fraction of sp³-hybridized carbons (Fsp3) is 0.348. The molecule has 0 radical (unpaired) electrons. The van der Waals surface area contributed by atoms with Crippen LogP contribution in [0.5, 0.6) is 0 Å². The SMILES string of the molecule is C[C@H](Sc1nnc(Cc2ccccc2)n1C)C(=O)Nc1ccc(S(=O)(=O)N2CCCC2)cc1. The second kappa shape index (κ2) is 10.1. The number of amides is 1. The number of sulfonamides is 1. The minimum absolute atomic E-state index is 0.192. The van der Waals surface area contributed by atoms with Crippen LogP contribution in [0, 0.1) is 0 Å². The van der Waals surface area contributed by atoms with Gasteiger partial charge in [-0.25, -0.2) is 8.42 Å². The minimum Gasteiger partial charge on any atom is -0.325 e. The van der Waals surface area contributed by atoms with Crippen LogP contribution in [0.15, 0.2) is 64.6 Å². The highest BCUT2D eigenvalue weighted by Crippen LogP contribution is 2.25. The maximum Gasteiger partial charge on any atom is 0.243 e. The monoisotopic (exact) mass is 485 g/mol. The Morgan fingerprint density at radius 3 is 2.39 bits per heavy atom. The van der Waals surface area contributed by atoms with Crippen LogP contribution in [-0.4, -0.2) is 51.7 Å². The van der Waals surface area contributed by atoms with E-state index < -0.39 is 15.3 Å². The molecule has 4 rings (SSSR count). The van der Waals surface area contributed by atoms with Gasteiger partial charge in [0.2, 0.25) is 15.9 Å². The molecule has 1 aliphatic heterocycles. The van der Waals surface area contributed by atoms with Crippen molar-refractivity contribution in [2.24, 2.45) is 7.05 Å². The Labute approximate surface area is 198 Å². The van der Waals surface area contributed by atoms with Crippen molar-refractivity contribution in [3.05, 3.63) is 66.0 Å². The number of hydrogen-bond donors (Lipinski definition) is 1. The number of rotatable bonds is 8. The highest BCUT2D eigenvalue weighted by Gasteiger charge is 2.27. The zero-order valence-corrected chi connectivity index (χ0v) is 20.3. The summed E-state index contributed by atoms with van der Waals surface area (Å²) in [6.45, 7) is 2.92. The van der Waals surface area contributed by atoms with Gasteiger partial charge in [0.1, 0.15) is 5.82 Å². The number of carbonyl (C=O) groups is 1. The highest BCUT2D eigenvalue weighted by atomic mass is 32.2. The second-order valence-corrected chi connectivity index (χ2v) is 11.3. The Hall–Kier alpha value is -2.69. The summed E-state index contributed by atoms with van der Waals surface area (Å²) in [4.78, 5) is 12.9. The standard InChI is InChI=1S/C23H27N5O3S2/c1-17(32-23-26-25-21(27(23)2)16-18-8-4-3-5-9-18)22(29)24-19-10-12-20(13-11-19)33(30,31)28-14-6-7-15-28/h3-5,8-13,17H,6-7,14-16H2,1-2H3,(H,24,29)/t17-/m0/s1. The molecule has 1 saturated heterocycles. The van der Waals surface area contributed by atoms with Gasteiger partial charge in [0.15, 0.2) is 5.16 Å². The maximum atomic E-state index is 12.7. The topological polar surface area (TPSA) is 97.2 Å². The lowest BCUT2D eigenvalue weighted by Crippen LogP contribution is -2.27. The van der Waals surface area contributed by atoms with Crippen molar-refractivity contribution in [1.29, 1.82) is 0 Å². The van der Waals surface area contributed by atoms with Gasteiger partial charge in [-0.2, -0.15) is 4.31 Å². The summed E-state index contributed by atoms with van der Waals surface area (Å²) < 4.78 is 28.7. The van der Waals surface area contributed by atoms with E-state index in [0.29, 0.717) is 30.4 Å². The molecule has 1 N–H and O–H groups in total. The highest BCUT2D eigenvalue weighted by molar-refractivity contribution is 8.00. The number of nitrogens with one attached hydrogen (secondary N) is 1. The van der Waals surface area contributed by atoms with E-state index in [4.69, 9.17) is 0 Å². The van der Waals surface area contributed by atoms with E-state index in [9.17, 15) is 13.2 Å². The third-order valence-electron chi connectivity index (χ3n) is 5.61. The van der Waals surface area contributed by atoms with E-state index in [-0.39, 0.29) is 10.8 Å². The van der Waals surface area contributed by atoms with Crippen molar-refractivity contribution in [2.45, 2.75) is 41.5 Å². The van der Waals surface area contributed by atoms with Crippen LogP contribution in [0.4, 0.5) is 5.69 Å². The first-order valence-corrected chi connectivity index (χ1v) is 13.2. The number of hydrogen-bond acceptors (Lipinski definition) is 6. The lowest BCUT2D eigenvalue weighted by Gasteiger charge is -2.16. The summed E-state index contributed by atoms with van der Waals surface area (Å²) in [7, 11) is -1.57. The van der Waals surface area contributed by atoms with Crippen LogP contribution in [0.25, 0.3) is 0 Å². The lowest BCUT2D eigenvalue weighted by atomic mass is 10.1. The van der Waals surface area contributed by atoms with Crippen LogP contribution >= 0.6 is 11.8 Å². The predicted molar refractivity (Wildman–Crippen MR) is 129 cm³/mol. The number of thioether (sulfide) groups is 1. The molecule has 0 spiro atoms. The van der Waals surface area contributed by atoms with Gasteiger partial charge in [-0.05, 0) is 49.6 Å². The smallest absolute Gasteiger partial charge is 0.243 e. The van der Waals surface area contributed by atoms with Gasteiger partial charge in [0, 0.05) is 32.2 Å². The molecule has 0 saturated carbocycles. The number of aromatic nitrogens is 3. The largest absolute Gasteiger partial charge is 0.325 e. The maximum absolute atomic E-state index is 12.7. The summed E-state index contributed by atoms with van der Waals surface area (Å²) in [5.74, 6) is 0.633. The van der Waals surface area contributed by atoms with Crippen LogP contribution in [0.1, 0.15) is 31.2 Å². The minimum atomic E-state index is -3.47. The van der Waals surface area contributed by atoms with Crippen molar-refractivity contribution < 1.29 is 13.2 Å². The van der Waals surface area contributed by atoms with Gasteiger partial charge >= 0.3 is 0 Å². The summed E-state index contributed by atoms with van der Waals surface area (Å²) in [5.41, 5.74) is 1.70. The van der Waals surface area contributed by atoms with Crippen LogP contribution in [0.2, 0.25) is 0 Å². The van der Waals surface area contributed by atoms with Crippen molar-refractivity contribution in [3.63, 3.8) is 0 Å². The van der Waals surface area contributed by atoms with E-state index in [2.05, 4.69) is 15.5 Å². The summed E-state index contributed by atoms with van der Waals surface area (Å²) >= 11 is 1.33. The number of nitrogens with zero attached hydrogens (tertiary/aromatic N) is 4. The first-order chi connectivity index (χ1) is 15.8. The number of anilines is 1. The van der Waals surface area contributed by atoms with E-state index in [0.717, 1.165) is 24.2 Å². The molecule has 33 heavy (non-hydrogen) atoms. The van der Waals surface area contributed by atoms with Crippen LogP contribution in [-0.2, 0) is 28.3 Å². The first-order valence-electron chi connectivity index (χ1n) is 10.8. The molecule has 0 bridgehead atoms. The van der Waals surface area contributed by atoms with Crippen molar-refractivity contribution in [2.75, 3.05) is 18.4 Å². The van der Waals surface area contributed by atoms with Gasteiger partial charge < -0.3 is 9.88 Å². The number of carbonyl (C=O) groups excluding carboxylic acids is 1. The molecule has 1 aromatic heterocycles. The quantitative estimate of drug-likeness (QED) is 0.492. The molecule has 1 fully saturated rings. The van der Waals surface area contributed by atoms with Crippen LogP contribution in [0.3, 0.4) is 0 Å². The molecule has 10 heteroatoms. The van der Waals surface area contributed by atoms with Crippen molar-refractivity contribution in [1.82, 2.24) is 19.1 Å².